The highest BCUT2D eigenvalue weighted by molar-refractivity contribution is 6.10. The van der Waals surface area contributed by atoms with Crippen molar-refractivity contribution >= 4 is 38.9 Å². The third kappa shape index (κ3) is 6.74. The van der Waals surface area contributed by atoms with Gasteiger partial charge in [-0.25, -0.2) is 0 Å². The average Bonchev–Trinajstić information content (AvgIpc) is 3.69. The highest BCUT2D eigenvalue weighted by Gasteiger charge is 2.21. The molecule has 0 fully saturated rings. The Kier molecular flexibility index (Phi) is 9.57. The highest BCUT2D eigenvalue weighted by atomic mass is 15.1. The minimum absolute atomic E-state index is 1.08. The largest absolute Gasteiger partial charge is 0.310 e. The number of anilines is 3. The first kappa shape index (κ1) is 36.8. The van der Waals surface area contributed by atoms with E-state index in [2.05, 4.69) is 264 Å². The maximum absolute atomic E-state index is 2.41. The number of para-hydroxylation sites is 3. The van der Waals surface area contributed by atoms with Gasteiger partial charge >= 0.3 is 0 Å². The quantitative estimate of drug-likeness (QED) is 0.141. The molecule has 0 unspecified atom stereocenters. The summed E-state index contributed by atoms with van der Waals surface area (Å²) < 4.78 is 2.37. The number of nitrogens with zero attached hydrogens (tertiary/aromatic N) is 2. The van der Waals surface area contributed by atoms with Crippen LogP contribution in [-0.2, 0) is 0 Å². The van der Waals surface area contributed by atoms with Crippen LogP contribution < -0.4 is 4.90 Å². The Hall–Kier alpha value is -8.20. The molecule has 0 aliphatic heterocycles. The van der Waals surface area contributed by atoms with Gasteiger partial charge in [0, 0.05) is 33.4 Å². The van der Waals surface area contributed by atoms with E-state index in [9.17, 15) is 0 Å². The molecule has 0 aliphatic rings. The van der Waals surface area contributed by atoms with Gasteiger partial charge in [0.15, 0.2) is 0 Å². The maximum Gasteiger partial charge on any atom is 0.0541 e. The molecule has 0 bridgehead atoms. The van der Waals surface area contributed by atoms with Gasteiger partial charge < -0.3 is 9.47 Å². The van der Waals surface area contributed by atoms with Crippen molar-refractivity contribution in [2.75, 3.05) is 4.90 Å². The van der Waals surface area contributed by atoms with Crippen molar-refractivity contribution in [2.45, 2.75) is 0 Å². The molecule has 0 radical (unpaired) electrons. The van der Waals surface area contributed by atoms with Crippen LogP contribution in [0, 0.1) is 0 Å². The standard InChI is InChI=1S/C60H42N2/c1-4-18-43(19-5-1)44-32-37-49(38-33-44)61(58-30-16-14-28-55(58)54-27-13-12-26-53(54)52-25-11-10-24-51(52)46-20-6-2-7-21-46)50-39-34-45(35-40-50)47-36-41-60-57(42-47)56-29-15-17-31-59(56)62(60)48-22-8-3-9-23-48/h1-42H. The van der Waals surface area contributed by atoms with Crippen LogP contribution >= 0.6 is 0 Å². The van der Waals surface area contributed by atoms with Crippen molar-refractivity contribution in [1.29, 1.82) is 0 Å². The van der Waals surface area contributed by atoms with Crippen LogP contribution in [0.2, 0.25) is 0 Å². The van der Waals surface area contributed by atoms with E-state index in [1.54, 1.807) is 0 Å². The molecule has 0 atom stereocenters. The third-order valence-electron chi connectivity index (χ3n) is 12.0. The Bertz CT molecular complexity index is 3310. The van der Waals surface area contributed by atoms with Crippen LogP contribution in [0.3, 0.4) is 0 Å². The Morgan fingerprint density at radius 1 is 0.258 bits per heavy atom. The van der Waals surface area contributed by atoms with Crippen molar-refractivity contribution < 1.29 is 0 Å². The minimum Gasteiger partial charge on any atom is -0.310 e. The summed E-state index contributed by atoms with van der Waals surface area (Å²) in [5.74, 6) is 0. The lowest BCUT2D eigenvalue weighted by Gasteiger charge is -2.29. The summed E-state index contributed by atoms with van der Waals surface area (Å²) >= 11 is 0. The minimum atomic E-state index is 1.08. The smallest absolute Gasteiger partial charge is 0.0541 e. The van der Waals surface area contributed by atoms with E-state index in [0.29, 0.717) is 0 Å². The van der Waals surface area contributed by atoms with Crippen LogP contribution in [0.4, 0.5) is 17.1 Å². The van der Waals surface area contributed by atoms with Gasteiger partial charge in [-0.3, -0.25) is 0 Å². The Labute approximate surface area is 362 Å². The SMILES string of the molecule is c1ccc(-c2ccc(N(c3ccc(-c4ccc5c(c4)c4ccccc4n5-c4ccccc4)cc3)c3ccccc3-c3ccccc3-c3ccccc3-c3ccccc3)cc2)cc1. The lowest BCUT2D eigenvalue weighted by molar-refractivity contribution is 1.18. The van der Waals surface area contributed by atoms with Crippen molar-refractivity contribution in [3.63, 3.8) is 0 Å². The van der Waals surface area contributed by atoms with E-state index in [-0.39, 0.29) is 0 Å². The fourth-order valence-electron chi connectivity index (χ4n) is 9.11. The lowest BCUT2D eigenvalue weighted by Crippen LogP contribution is -2.11. The van der Waals surface area contributed by atoms with Gasteiger partial charge in [-0.2, -0.15) is 0 Å². The zero-order valence-electron chi connectivity index (χ0n) is 34.1. The fourth-order valence-corrected chi connectivity index (χ4v) is 9.11. The van der Waals surface area contributed by atoms with Crippen molar-refractivity contribution in [3.05, 3.63) is 255 Å². The molecule has 11 aromatic rings. The topological polar surface area (TPSA) is 8.17 Å². The summed E-state index contributed by atoms with van der Waals surface area (Å²) in [5, 5.41) is 2.49. The molecular weight excluding hydrogens is 749 g/mol. The van der Waals surface area contributed by atoms with Crippen molar-refractivity contribution in [1.82, 2.24) is 4.57 Å². The van der Waals surface area contributed by atoms with E-state index in [1.807, 2.05) is 0 Å². The van der Waals surface area contributed by atoms with E-state index in [1.165, 1.54) is 71.9 Å². The molecule has 0 N–H and O–H groups in total. The van der Waals surface area contributed by atoms with Crippen LogP contribution in [-0.4, -0.2) is 4.57 Å². The summed E-state index contributed by atoms with van der Waals surface area (Å²) in [4.78, 5) is 2.41. The van der Waals surface area contributed by atoms with Gasteiger partial charge in [0.25, 0.3) is 0 Å². The lowest BCUT2D eigenvalue weighted by atomic mass is 9.88. The second kappa shape index (κ2) is 16.1. The summed E-state index contributed by atoms with van der Waals surface area (Å²) in [6.07, 6.45) is 0. The summed E-state index contributed by atoms with van der Waals surface area (Å²) in [5.41, 5.74) is 18.7. The molecule has 0 saturated heterocycles. The number of rotatable bonds is 9. The van der Waals surface area contributed by atoms with E-state index in [0.717, 1.165) is 28.3 Å². The summed E-state index contributed by atoms with van der Waals surface area (Å²) in [6, 6.07) is 92.0. The number of benzene rings is 10. The molecule has 62 heavy (non-hydrogen) atoms. The second-order valence-corrected chi connectivity index (χ2v) is 15.7. The predicted octanol–water partition coefficient (Wildman–Crippen LogP) is 16.6. The summed E-state index contributed by atoms with van der Waals surface area (Å²) in [6.45, 7) is 0. The number of hydrogen-bond donors (Lipinski definition) is 0. The van der Waals surface area contributed by atoms with Crippen molar-refractivity contribution in [2.24, 2.45) is 0 Å². The molecule has 10 aromatic carbocycles. The van der Waals surface area contributed by atoms with Crippen LogP contribution in [0.5, 0.6) is 0 Å². The van der Waals surface area contributed by atoms with Gasteiger partial charge in [0.1, 0.15) is 0 Å². The first-order valence-electron chi connectivity index (χ1n) is 21.3. The van der Waals surface area contributed by atoms with Gasteiger partial charge in [0.2, 0.25) is 0 Å². The first-order valence-corrected chi connectivity index (χ1v) is 21.3. The monoisotopic (exact) mass is 790 g/mol. The Balaban J connectivity index is 1.04. The molecule has 11 rings (SSSR count). The van der Waals surface area contributed by atoms with E-state index in [4.69, 9.17) is 0 Å². The fraction of sp³-hybridized carbons (Fsp3) is 0. The van der Waals surface area contributed by atoms with Gasteiger partial charge in [0.05, 0.1) is 16.7 Å². The zero-order chi connectivity index (χ0) is 41.2. The first-order chi connectivity index (χ1) is 30.8. The molecule has 1 heterocycles. The van der Waals surface area contributed by atoms with Gasteiger partial charge in [-0.15, -0.1) is 0 Å². The number of aromatic nitrogens is 1. The van der Waals surface area contributed by atoms with Crippen LogP contribution in [0.15, 0.2) is 255 Å². The zero-order valence-corrected chi connectivity index (χ0v) is 34.1. The highest BCUT2D eigenvalue weighted by Crippen LogP contribution is 2.46. The number of fused-ring (bicyclic) bond motifs is 3. The van der Waals surface area contributed by atoms with Crippen molar-refractivity contribution in [3.8, 4) is 61.3 Å². The molecule has 0 aliphatic carbocycles. The van der Waals surface area contributed by atoms with Gasteiger partial charge in [-0.1, -0.05) is 194 Å². The molecule has 1 aromatic heterocycles. The molecule has 0 amide bonds. The summed E-state index contributed by atoms with van der Waals surface area (Å²) in [7, 11) is 0. The van der Waals surface area contributed by atoms with Gasteiger partial charge in [-0.05, 0) is 111 Å². The number of hydrogen-bond acceptors (Lipinski definition) is 1. The third-order valence-corrected chi connectivity index (χ3v) is 12.0. The van der Waals surface area contributed by atoms with Crippen LogP contribution in [0.1, 0.15) is 0 Å². The Morgan fingerprint density at radius 3 is 1.32 bits per heavy atom. The molecular formula is C60H42N2. The molecule has 2 nitrogen and oxygen atoms in total. The second-order valence-electron chi connectivity index (χ2n) is 15.7. The predicted molar refractivity (Wildman–Crippen MR) is 263 cm³/mol. The van der Waals surface area contributed by atoms with E-state index < -0.39 is 0 Å². The van der Waals surface area contributed by atoms with Crippen LogP contribution in [0.25, 0.3) is 83.1 Å². The molecule has 0 spiro atoms. The molecule has 0 saturated carbocycles. The molecule has 292 valence electrons. The maximum atomic E-state index is 2.41. The Morgan fingerprint density at radius 2 is 0.677 bits per heavy atom. The average molecular weight is 791 g/mol. The molecule has 2 heteroatoms. The normalized spacial score (nSPS) is 11.2. The van der Waals surface area contributed by atoms with E-state index >= 15 is 0 Å².